The van der Waals surface area contributed by atoms with Crippen LogP contribution >= 0.6 is 11.8 Å². The normalized spacial score (nSPS) is 12.0. The molecule has 9 heteroatoms. The lowest BCUT2D eigenvalue weighted by Crippen LogP contribution is -2.20. The number of methoxy groups -OCH3 is 1. The molecule has 0 saturated carbocycles. The molecule has 0 aliphatic rings. The number of para-hydroxylation sites is 1. The third kappa shape index (κ3) is 4.50. The molecule has 0 saturated heterocycles. The minimum atomic E-state index is -0.805. The number of benzene rings is 2. The maximum absolute atomic E-state index is 13.5. The van der Waals surface area contributed by atoms with Gasteiger partial charge in [0.25, 0.3) is 0 Å². The molecular formula is C17H17FN4O3S. The van der Waals surface area contributed by atoms with Crippen molar-refractivity contribution in [1.82, 2.24) is 20.2 Å². The number of ether oxygens (including phenoxy) is 2. The fraction of sp³-hybridized carbons (Fsp3) is 0.235. The quantitative estimate of drug-likeness (QED) is 0.604. The van der Waals surface area contributed by atoms with E-state index >= 15 is 0 Å². The van der Waals surface area contributed by atoms with Gasteiger partial charge >= 0.3 is 0 Å². The Balaban J connectivity index is 1.56. The summed E-state index contributed by atoms with van der Waals surface area (Å²) in [7, 11) is 1.60. The van der Waals surface area contributed by atoms with Gasteiger partial charge in [0.05, 0.1) is 18.9 Å². The van der Waals surface area contributed by atoms with E-state index in [1.54, 1.807) is 23.9 Å². The summed E-state index contributed by atoms with van der Waals surface area (Å²) >= 11 is 1.28. The zero-order valence-corrected chi connectivity index (χ0v) is 14.8. The van der Waals surface area contributed by atoms with E-state index in [9.17, 15) is 9.50 Å². The molecule has 3 rings (SSSR count). The lowest BCUT2D eigenvalue weighted by Gasteiger charge is -2.12. The van der Waals surface area contributed by atoms with E-state index in [0.29, 0.717) is 10.9 Å². The number of halogens is 1. The Morgan fingerprint density at radius 1 is 1.19 bits per heavy atom. The highest BCUT2D eigenvalue weighted by molar-refractivity contribution is 7.99. The van der Waals surface area contributed by atoms with E-state index in [0.717, 1.165) is 11.4 Å². The summed E-state index contributed by atoms with van der Waals surface area (Å²) < 4.78 is 25.5. The zero-order valence-electron chi connectivity index (χ0n) is 13.9. The predicted octanol–water partition coefficient (Wildman–Crippen LogP) is 2.34. The van der Waals surface area contributed by atoms with Crippen molar-refractivity contribution in [2.75, 3.05) is 19.5 Å². The van der Waals surface area contributed by atoms with Crippen molar-refractivity contribution in [3.05, 3.63) is 54.3 Å². The van der Waals surface area contributed by atoms with Crippen molar-refractivity contribution in [2.45, 2.75) is 11.3 Å². The van der Waals surface area contributed by atoms with Crippen molar-refractivity contribution >= 4 is 11.8 Å². The van der Waals surface area contributed by atoms with E-state index in [1.807, 2.05) is 24.3 Å². The SMILES string of the molecule is COc1ccc(-n2nnnc2SC[C@@H](O)COc2ccccc2F)cc1. The smallest absolute Gasteiger partial charge is 0.214 e. The van der Waals surface area contributed by atoms with Crippen molar-refractivity contribution in [2.24, 2.45) is 0 Å². The van der Waals surface area contributed by atoms with Crippen LogP contribution in [0.25, 0.3) is 5.69 Å². The molecule has 0 aliphatic carbocycles. The number of hydrogen-bond acceptors (Lipinski definition) is 7. The van der Waals surface area contributed by atoms with Crippen LogP contribution in [0.3, 0.4) is 0 Å². The van der Waals surface area contributed by atoms with Gasteiger partial charge in [0, 0.05) is 5.75 Å². The molecule has 1 heterocycles. The van der Waals surface area contributed by atoms with Gasteiger partial charge in [0.2, 0.25) is 5.16 Å². The van der Waals surface area contributed by atoms with Gasteiger partial charge in [-0.15, -0.1) is 5.10 Å². The summed E-state index contributed by atoms with van der Waals surface area (Å²) in [6.07, 6.45) is -0.805. The molecule has 136 valence electrons. The molecule has 0 unspecified atom stereocenters. The molecule has 3 aromatic rings. The minimum Gasteiger partial charge on any atom is -0.497 e. The molecule has 7 nitrogen and oxygen atoms in total. The molecule has 0 spiro atoms. The largest absolute Gasteiger partial charge is 0.497 e. The van der Waals surface area contributed by atoms with Gasteiger partial charge < -0.3 is 14.6 Å². The molecule has 0 aliphatic heterocycles. The first-order valence-electron chi connectivity index (χ1n) is 7.78. The van der Waals surface area contributed by atoms with Crippen LogP contribution < -0.4 is 9.47 Å². The Labute approximate surface area is 153 Å². The third-order valence-corrected chi connectivity index (χ3v) is 4.49. The first-order chi connectivity index (χ1) is 12.7. The highest BCUT2D eigenvalue weighted by Gasteiger charge is 2.13. The summed E-state index contributed by atoms with van der Waals surface area (Å²) in [6.45, 7) is -0.0297. The summed E-state index contributed by atoms with van der Waals surface area (Å²) in [4.78, 5) is 0. The van der Waals surface area contributed by atoms with Crippen LogP contribution in [0.2, 0.25) is 0 Å². The summed E-state index contributed by atoms with van der Waals surface area (Å²) in [5.74, 6) is 0.678. The van der Waals surface area contributed by atoms with E-state index in [-0.39, 0.29) is 12.4 Å². The summed E-state index contributed by atoms with van der Waals surface area (Å²) in [5.41, 5.74) is 0.774. The van der Waals surface area contributed by atoms with Gasteiger partial charge in [-0.1, -0.05) is 23.9 Å². The van der Waals surface area contributed by atoms with Crippen molar-refractivity contribution < 1.29 is 19.0 Å². The lowest BCUT2D eigenvalue weighted by molar-refractivity contribution is 0.123. The Bertz CT molecular complexity index is 844. The maximum atomic E-state index is 13.5. The van der Waals surface area contributed by atoms with Gasteiger partial charge in [-0.2, -0.15) is 4.68 Å². The number of tetrazole rings is 1. The van der Waals surface area contributed by atoms with Crippen molar-refractivity contribution in [3.63, 3.8) is 0 Å². The Kier molecular flexibility index (Phi) is 6.03. The van der Waals surface area contributed by atoms with Gasteiger partial charge in [-0.3, -0.25) is 0 Å². The summed E-state index contributed by atoms with van der Waals surface area (Å²) in [6, 6.07) is 13.3. The Morgan fingerprint density at radius 2 is 1.96 bits per heavy atom. The number of nitrogens with zero attached hydrogens (tertiary/aromatic N) is 4. The van der Waals surface area contributed by atoms with Gasteiger partial charge in [-0.05, 0) is 46.8 Å². The number of rotatable bonds is 8. The molecule has 26 heavy (non-hydrogen) atoms. The van der Waals surface area contributed by atoms with Crippen LogP contribution in [0.4, 0.5) is 4.39 Å². The first kappa shape index (κ1) is 18.2. The van der Waals surface area contributed by atoms with Crippen LogP contribution in [0, 0.1) is 5.82 Å². The molecule has 1 atom stereocenters. The molecule has 0 amide bonds. The average molecular weight is 376 g/mol. The fourth-order valence-corrected chi connectivity index (χ4v) is 2.92. The predicted molar refractivity (Wildman–Crippen MR) is 94.3 cm³/mol. The van der Waals surface area contributed by atoms with E-state index < -0.39 is 11.9 Å². The molecule has 0 bridgehead atoms. The second-order valence-electron chi connectivity index (χ2n) is 5.28. The minimum absolute atomic E-state index is 0.0297. The van der Waals surface area contributed by atoms with Crippen molar-refractivity contribution in [1.29, 1.82) is 0 Å². The van der Waals surface area contributed by atoms with Gasteiger partial charge in [0.1, 0.15) is 12.4 Å². The first-order valence-corrected chi connectivity index (χ1v) is 8.77. The highest BCUT2D eigenvalue weighted by Crippen LogP contribution is 2.21. The Morgan fingerprint density at radius 3 is 2.69 bits per heavy atom. The molecule has 1 aromatic heterocycles. The number of thioether (sulfide) groups is 1. The van der Waals surface area contributed by atoms with Crippen LogP contribution in [-0.4, -0.2) is 50.9 Å². The zero-order chi connectivity index (χ0) is 18.4. The second-order valence-corrected chi connectivity index (χ2v) is 6.26. The molecule has 0 radical (unpaired) electrons. The number of hydrogen-bond donors (Lipinski definition) is 1. The standard InChI is InChI=1S/C17H17FN4O3S/c1-24-14-8-6-12(7-9-14)22-17(19-20-21-22)26-11-13(23)10-25-16-5-3-2-4-15(16)18/h2-9,13,23H,10-11H2,1H3/t13-/m0/s1. The van der Waals surface area contributed by atoms with E-state index in [2.05, 4.69) is 15.5 Å². The fourth-order valence-electron chi connectivity index (χ4n) is 2.12. The lowest BCUT2D eigenvalue weighted by atomic mass is 10.3. The number of aromatic nitrogens is 4. The van der Waals surface area contributed by atoms with Crippen LogP contribution in [0.1, 0.15) is 0 Å². The van der Waals surface area contributed by atoms with Gasteiger partial charge in [-0.25, -0.2) is 4.39 Å². The van der Waals surface area contributed by atoms with Crippen molar-refractivity contribution in [3.8, 4) is 17.2 Å². The van der Waals surface area contributed by atoms with E-state index in [4.69, 9.17) is 9.47 Å². The highest BCUT2D eigenvalue weighted by atomic mass is 32.2. The van der Waals surface area contributed by atoms with E-state index in [1.165, 1.54) is 23.9 Å². The third-order valence-electron chi connectivity index (χ3n) is 3.43. The number of aliphatic hydroxyl groups excluding tert-OH is 1. The monoisotopic (exact) mass is 376 g/mol. The second kappa shape index (κ2) is 8.63. The van der Waals surface area contributed by atoms with Crippen LogP contribution in [-0.2, 0) is 0 Å². The van der Waals surface area contributed by atoms with Crippen LogP contribution in [0.5, 0.6) is 11.5 Å². The molecule has 2 aromatic carbocycles. The molecular weight excluding hydrogens is 359 g/mol. The number of aliphatic hydroxyl groups is 1. The topological polar surface area (TPSA) is 82.3 Å². The Hall–Kier alpha value is -2.65. The van der Waals surface area contributed by atoms with Gasteiger partial charge in [0.15, 0.2) is 11.6 Å². The average Bonchev–Trinajstić information content (AvgIpc) is 3.14. The summed E-state index contributed by atoms with van der Waals surface area (Å²) in [5, 5.41) is 22.2. The maximum Gasteiger partial charge on any atom is 0.214 e. The molecule has 1 N–H and O–H groups in total. The molecule has 0 fully saturated rings. The van der Waals surface area contributed by atoms with Crippen LogP contribution in [0.15, 0.2) is 53.7 Å².